The quantitative estimate of drug-likeness (QED) is 0.390. The predicted octanol–water partition coefficient (Wildman–Crippen LogP) is 0.259. The van der Waals surface area contributed by atoms with Gasteiger partial charge in [-0.15, -0.1) is 0 Å². The van der Waals surface area contributed by atoms with Gasteiger partial charge in [0.15, 0.2) is 0 Å². The molecule has 3 N–H and O–H groups in total. The summed E-state index contributed by atoms with van der Waals surface area (Å²) in [6, 6.07) is 8.42. The lowest BCUT2D eigenvalue weighted by molar-refractivity contribution is -0.152. The summed E-state index contributed by atoms with van der Waals surface area (Å²) >= 11 is 0. The van der Waals surface area contributed by atoms with Crippen LogP contribution in [0.4, 0.5) is 0 Å². The minimum absolute atomic E-state index is 0.359. The van der Waals surface area contributed by atoms with Crippen LogP contribution in [-0.4, -0.2) is 16.8 Å². The van der Waals surface area contributed by atoms with E-state index in [1.54, 1.807) is 30.3 Å². The van der Waals surface area contributed by atoms with Gasteiger partial charge in [-0.1, -0.05) is 18.2 Å². The average Bonchev–Trinajstić information content (AvgIpc) is 2.04. The van der Waals surface area contributed by atoms with Gasteiger partial charge in [0.05, 0.1) is 0 Å². The van der Waals surface area contributed by atoms with Crippen LogP contribution < -0.4 is 10.5 Å². The molecule has 0 aromatic heterocycles. The largest absolute Gasteiger partial charge is 0.423 e. The lowest BCUT2D eigenvalue weighted by Crippen LogP contribution is -2.47. The molecule has 0 aliphatic heterocycles. The Labute approximate surface area is 75.9 Å². The van der Waals surface area contributed by atoms with E-state index in [-0.39, 0.29) is 0 Å². The van der Waals surface area contributed by atoms with Crippen molar-refractivity contribution >= 4 is 5.97 Å². The number of aliphatic hydroxyl groups is 1. The number of nitrogens with two attached hydrogens (primary N) is 1. The Morgan fingerprint density at radius 1 is 1.46 bits per heavy atom. The Morgan fingerprint density at radius 3 is 2.46 bits per heavy atom. The Morgan fingerprint density at radius 2 is 2.00 bits per heavy atom. The number of hydrogen-bond acceptors (Lipinski definition) is 4. The van der Waals surface area contributed by atoms with Crippen molar-refractivity contribution in [2.24, 2.45) is 5.73 Å². The minimum Gasteiger partial charge on any atom is -0.423 e. The lowest BCUT2D eigenvalue weighted by Gasteiger charge is -2.14. The Kier molecular flexibility index (Phi) is 2.65. The first-order valence-electron chi connectivity index (χ1n) is 3.79. The molecule has 1 aromatic carbocycles. The molecule has 0 aliphatic rings. The predicted molar refractivity (Wildman–Crippen MR) is 46.9 cm³/mol. The number of esters is 1. The fourth-order valence-electron chi connectivity index (χ4n) is 0.699. The van der Waals surface area contributed by atoms with Gasteiger partial charge < -0.3 is 9.84 Å². The summed E-state index contributed by atoms with van der Waals surface area (Å²) in [7, 11) is 0. The highest BCUT2D eigenvalue weighted by Crippen LogP contribution is 2.10. The number of carbonyl (C=O) groups excluding carboxylic acids is 1. The van der Waals surface area contributed by atoms with Crippen molar-refractivity contribution < 1.29 is 14.6 Å². The molecule has 0 bridgehead atoms. The molecule has 0 aliphatic carbocycles. The van der Waals surface area contributed by atoms with Crippen LogP contribution in [0.1, 0.15) is 6.92 Å². The van der Waals surface area contributed by atoms with Crippen molar-refractivity contribution in [3.8, 4) is 5.75 Å². The van der Waals surface area contributed by atoms with Crippen LogP contribution in [0.15, 0.2) is 30.3 Å². The molecule has 0 saturated heterocycles. The first-order chi connectivity index (χ1) is 6.00. The van der Waals surface area contributed by atoms with Crippen LogP contribution in [-0.2, 0) is 4.79 Å². The summed E-state index contributed by atoms with van der Waals surface area (Å²) in [6.07, 6.45) is 0. The molecule has 1 rings (SSSR count). The van der Waals surface area contributed by atoms with E-state index in [4.69, 9.17) is 15.6 Å². The fraction of sp³-hybridized carbons (Fsp3) is 0.222. The van der Waals surface area contributed by atoms with E-state index >= 15 is 0 Å². The molecule has 70 valence electrons. The topological polar surface area (TPSA) is 72.5 Å². The highest BCUT2D eigenvalue weighted by Gasteiger charge is 2.26. The van der Waals surface area contributed by atoms with Crippen molar-refractivity contribution in [3.63, 3.8) is 0 Å². The normalized spacial score (nSPS) is 14.7. The maximum absolute atomic E-state index is 11.0. The third kappa shape index (κ3) is 2.85. The average molecular weight is 181 g/mol. The number of hydrogen-bond donors (Lipinski definition) is 2. The summed E-state index contributed by atoms with van der Waals surface area (Å²) in [6.45, 7) is 1.16. The van der Waals surface area contributed by atoms with Gasteiger partial charge in [0, 0.05) is 0 Å². The summed E-state index contributed by atoms with van der Waals surface area (Å²) in [5.74, 6) is -0.517. The molecular formula is C9H11NO3. The molecule has 0 fully saturated rings. The van der Waals surface area contributed by atoms with E-state index in [1.165, 1.54) is 0 Å². The number of ether oxygens (including phenoxy) is 1. The van der Waals surface area contributed by atoms with E-state index in [0.717, 1.165) is 6.92 Å². The highest BCUT2D eigenvalue weighted by atomic mass is 16.6. The zero-order chi connectivity index (χ0) is 9.90. The first kappa shape index (κ1) is 9.70. The van der Waals surface area contributed by atoms with Gasteiger partial charge in [-0.05, 0) is 19.1 Å². The van der Waals surface area contributed by atoms with Crippen molar-refractivity contribution in [3.05, 3.63) is 30.3 Å². The Bertz CT molecular complexity index is 289. The molecule has 0 heterocycles. The van der Waals surface area contributed by atoms with E-state index < -0.39 is 11.7 Å². The SMILES string of the molecule is C[C@@](N)(O)C(=O)Oc1ccccc1. The van der Waals surface area contributed by atoms with Gasteiger partial charge in [0.1, 0.15) is 5.75 Å². The maximum atomic E-state index is 11.0. The van der Waals surface area contributed by atoms with Gasteiger partial charge in [-0.3, -0.25) is 5.73 Å². The molecule has 0 amide bonds. The van der Waals surface area contributed by atoms with Gasteiger partial charge in [-0.25, -0.2) is 4.79 Å². The van der Waals surface area contributed by atoms with Gasteiger partial charge >= 0.3 is 5.97 Å². The van der Waals surface area contributed by atoms with Crippen molar-refractivity contribution in [2.45, 2.75) is 12.6 Å². The van der Waals surface area contributed by atoms with Crippen LogP contribution in [0.25, 0.3) is 0 Å². The van der Waals surface area contributed by atoms with Crippen molar-refractivity contribution in [2.75, 3.05) is 0 Å². The molecule has 0 spiro atoms. The van der Waals surface area contributed by atoms with E-state index in [0.29, 0.717) is 5.75 Å². The molecular weight excluding hydrogens is 170 g/mol. The second-order valence-corrected chi connectivity index (χ2v) is 2.85. The molecule has 0 saturated carbocycles. The summed E-state index contributed by atoms with van der Waals surface area (Å²) in [4.78, 5) is 11.0. The van der Waals surface area contributed by atoms with E-state index in [1.807, 2.05) is 0 Å². The van der Waals surface area contributed by atoms with Crippen LogP contribution in [0, 0.1) is 0 Å². The smallest absolute Gasteiger partial charge is 0.358 e. The molecule has 0 radical (unpaired) electrons. The monoisotopic (exact) mass is 181 g/mol. The zero-order valence-corrected chi connectivity index (χ0v) is 7.23. The summed E-state index contributed by atoms with van der Waals surface area (Å²) < 4.78 is 4.76. The minimum atomic E-state index is -1.95. The number of benzene rings is 1. The fourth-order valence-corrected chi connectivity index (χ4v) is 0.699. The Balaban J connectivity index is 2.66. The Hall–Kier alpha value is -1.39. The summed E-state index contributed by atoms with van der Waals surface area (Å²) in [5.41, 5.74) is 3.16. The molecule has 0 unspecified atom stereocenters. The number of rotatable bonds is 2. The molecule has 1 aromatic rings. The molecule has 13 heavy (non-hydrogen) atoms. The second-order valence-electron chi connectivity index (χ2n) is 2.85. The number of carbonyl (C=O) groups is 1. The number of para-hydroxylation sites is 1. The highest BCUT2D eigenvalue weighted by molar-refractivity contribution is 5.80. The standard InChI is InChI=1S/C9H11NO3/c1-9(10,12)8(11)13-7-5-3-2-4-6-7/h2-6,12H,10H2,1H3/t9-/m1/s1. The third-order valence-electron chi connectivity index (χ3n) is 1.37. The second kappa shape index (κ2) is 3.55. The van der Waals surface area contributed by atoms with Gasteiger partial charge in [-0.2, -0.15) is 0 Å². The lowest BCUT2D eigenvalue weighted by atomic mass is 10.3. The third-order valence-corrected chi connectivity index (χ3v) is 1.37. The zero-order valence-electron chi connectivity index (χ0n) is 7.23. The van der Waals surface area contributed by atoms with Crippen LogP contribution in [0.3, 0.4) is 0 Å². The van der Waals surface area contributed by atoms with Crippen LogP contribution >= 0.6 is 0 Å². The molecule has 1 atom stereocenters. The van der Waals surface area contributed by atoms with Crippen LogP contribution in [0.2, 0.25) is 0 Å². The first-order valence-corrected chi connectivity index (χ1v) is 3.79. The van der Waals surface area contributed by atoms with Crippen LogP contribution in [0.5, 0.6) is 5.75 Å². The molecule has 4 nitrogen and oxygen atoms in total. The maximum Gasteiger partial charge on any atom is 0.358 e. The van der Waals surface area contributed by atoms with Crippen molar-refractivity contribution in [1.82, 2.24) is 0 Å². The van der Waals surface area contributed by atoms with Gasteiger partial charge in [0.25, 0.3) is 0 Å². The van der Waals surface area contributed by atoms with E-state index in [2.05, 4.69) is 0 Å². The van der Waals surface area contributed by atoms with Gasteiger partial charge in [0.2, 0.25) is 5.72 Å². The summed E-state index contributed by atoms with van der Waals surface area (Å²) in [5, 5.41) is 9.05. The van der Waals surface area contributed by atoms with E-state index in [9.17, 15) is 4.79 Å². The molecule has 4 heteroatoms. The van der Waals surface area contributed by atoms with Crippen molar-refractivity contribution in [1.29, 1.82) is 0 Å².